The highest BCUT2D eigenvalue weighted by molar-refractivity contribution is 7.80. The van der Waals surface area contributed by atoms with E-state index in [1.54, 1.807) is 6.20 Å². The average molecular weight is 353 g/mol. The number of benzene rings is 1. The van der Waals surface area contributed by atoms with Crippen molar-refractivity contribution in [1.29, 1.82) is 0 Å². The van der Waals surface area contributed by atoms with Crippen molar-refractivity contribution in [2.24, 2.45) is 5.10 Å². The highest BCUT2D eigenvalue weighted by atomic mass is 32.1. The molecule has 0 saturated carbocycles. The lowest BCUT2D eigenvalue weighted by Gasteiger charge is -2.35. The summed E-state index contributed by atoms with van der Waals surface area (Å²) < 4.78 is 0. The highest BCUT2D eigenvalue weighted by Gasteiger charge is 2.18. The normalized spacial score (nSPS) is 15.9. The molecule has 0 unspecified atom stereocenters. The van der Waals surface area contributed by atoms with Gasteiger partial charge >= 0.3 is 0 Å². The van der Waals surface area contributed by atoms with Crippen molar-refractivity contribution in [3.8, 4) is 0 Å². The Morgan fingerprint density at radius 2 is 1.80 bits per heavy atom. The third-order valence-electron chi connectivity index (χ3n) is 4.26. The predicted octanol–water partition coefficient (Wildman–Crippen LogP) is 2.50. The van der Waals surface area contributed by atoms with Gasteiger partial charge < -0.3 is 4.90 Å². The molecule has 1 N–H and O–H groups in total. The van der Waals surface area contributed by atoms with Crippen molar-refractivity contribution in [2.45, 2.75) is 13.5 Å². The van der Waals surface area contributed by atoms with Crippen LogP contribution in [-0.4, -0.2) is 51.8 Å². The fourth-order valence-electron chi connectivity index (χ4n) is 2.79. The van der Waals surface area contributed by atoms with Gasteiger partial charge in [-0.2, -0.15) is 5.10 Å². The van der Waals surface area contributed by atoms with Gasteiger partial charge in [-0.05, 0) is 36.8 Å². The molecule has 3 rings (SSSR count). The van der Waals surface area contributed by atoms with Gasteiger partial charge in [0.15, 0.2) is 5.11 Å². The number of hydrogen-bond acceptors (Lipinski definition) is 4. The van der Waals surface area contributed by atoms with Crippen LogP contribution in [0.15, 0.2) is 59.8 Å². The zero-order valence-electron chi connectivity index (χ0n) is 14.4. The Bertz CT molecular complexity index is 709. The summed E-state index contributed by atoms with van der Waals surface area (Å²) >= 11 is 5.48. The number of piperazine rings is 1. The minimum Gasteiger partial charge on any atom is -0.345 e. The molecule has 0 radical (unpaired) electrons. The second kappa shape index (κ2) is 8.69. The molecule has 0 spiro atoms. The third-order valence-corrected chi connectivity index (χ3v) is 4.61. The minimum atomic E-state index is 0.676. The van der Waals surface area contributed by atoms with Crippen LogP contribution in [0, 0.1) is 0 Å². The van der Waals surface area contributed by atoms with Crippen LogP contribution in [0.25, 0.3) is 0 Å². The number of aromatic nitrogens is 1. The van der Waals surface area contributed by atoms with Crippen LogP contribution in [-0.2, 0) is 6.54 Å². The molecule has 5 nitrogen and oxygen atoms in total. The van der Waals surface area contributed by atoms with Crippen molar-refractivity contribution in [3.63, 3.8) is 0 Å². The van der Waals surface area contributed by atoms with Gasteiger partial charge in [-0.3, -0.25) is 15.3 Å². The maximum absolute atomic E-state index is 5.48. The van der Waals surface area contributed by atoms with Crippen molar-refractivity contribution < 1.29 is 0 Å². The first-order valence-corrected chi connectivity index (χ1v) is 8.90. The van der Waals surface area contributed by atoms with E-state index < -0.39 is 0 Å². The molecule has 1 aromatic carbocycles. The van der Waals surface area contributed by atoms with Crippen LogP contribution < -0.4 is 5.43 Å². The first-order valence-electron chi connectivity index (χ1n) is 8.49. The van der Waals surface area contributed by atoms with E-state index in [9.17, 15) is 0 Å². The van der Waals surface area contributed by atoms with Gasteiger partial charge in [0, 0.05) is 38.9 Å². The maximum atomic E-state index is 5.48. The van der Waals surface area contributed by atoms with Gasteiger partial charge in [0.2, 0.25) is 0 Å². The summed E-state index contributed by atoms with van der Waals surface area (Å²) in [6.07, 6.45) is 1.76. The molecule has 0 bridgehead atoms. The molecular weight excluding hydrogens is 330 g/mol. The number of hydrogen-bond donors (Lipinski definition) is 1. The summed E-state index contributed by atoms with van der Waals surface area (Å²) in [4.78, 5) is 8.91. The average Bonchev–Trinajstić information content (AvgIpc) is 2.68. The quantitative estimate of drug-likeness (QED) is 0.520. The Hall–Kier alpha value is -2.31. The number of hydrazone groups is 1. The Morgan fingerprint density at radius 1 is 1.08 bits per heavy atom. The molecule has 1 fully saturated rings. The summed E-state index contributed by atoms with van der Waals surface area (Å²) in [5.41, 5.74) is 6.03. The molecule has 0 amide bonds. The first-order chi connectivity index (χ1) is 12.2. The van der Waals surface area contributed by atoms with E-state index in [0.29, 0.717) is 5.11 Å². The zero-order valence-corrected chi connectivity index (χ0v) is 15.2. The van der Waals surface area contributed by atoms with Crippen LogP contribution in [0.5, 0.6) is 0 Å². The molecule has 2 aromatic rings. The molecule has 2 heterocycles. The number of thiocarbonyl (C=S) groups is 1. The predicted molar refractivity (Wildman–Crippen MR) is 105 cm³/mol. The molecule has 130 valence electrons. The highest BCUT2D eigenvalue weighted by Crippen LogP contribution is 2.08. The SMILES string of the molecule is C/C(=N\NC(=S)N1CCN(Cc2ccccc2)CC1)c1ccccn1. The van der Waals surface area contributed by atoms with E-state index in [2.05, 4.69) is 55.6 Å². The number of pyridine rings is 1. The second-order valence-corrected chi connectivity index (χ2v) is 6.46. The van der Waals surface area contributed by atoms with Gasteiger partial charge in [0.05, 0.1) is 11.4 Å². The van der Waals surface area contributed by atoms with Crippen molar-refractivity contribution >= 4 is 23.0 Å². The fraction of sp³-hybridized carbons (Fsp3) is 0.316. The number of nitrogens with one attached hydrogen (secondary N) is 1. The van der Waals surface area contributed by atoms with Gasteiger partial charge in [0.25, 0.3) is 0 Å². The molecule has 0 atom stereocenters. The van der Waals surface area contributed by atoms with E-state index >= 15 is 0 Å². The van der Waals surface area contributed by atoms with Crippen LogP contribution in [0.1, 0.15) is 18.2 Å². The molecule has 1 aliphatic heterocycles. The zero-order chi connectivity index (χ0) is 17.5. The van der Waals surface area contributed by atoms with Crippen LogP contribution >= 0.6 is 12.2 Å². The molecule has 25 heavy (non-hydrogen) atoms. The van der Waals surface area contributed by atoms with Crippen molar-refractivity contribution in [2.75, 3.05) is 26.2 Å². The summed E-state index contributed by atoms with van der Waals surface area (Å²) in [6, 6.07) is 16.4. The summed E-state index contributed by atoms with van der Waals surface area (Å²) in [7, 11) is 0. The first kappa shape index (κ1) is 17.5. The summed E-state index contributed by atoms with van der Waals surface area (Å²) in [5, 5.41) is 5.04. The lowest BCUT2D eigenvalue weighted by Crippen LogP contribution is -2.50. The van der Waals surface area contributed by atoms with E-state index in [0.717, 1.165) is 44.1 Å². The Labute approximate surface area is 154 Å². The van der Waals surface area contributed by atoms with Crippen molar-refractivity contribution in [1.82, 2.24) is 20.2 Å². The lowest BCUT2D eigenvalue weighted by molar-refractivity contribution is 0.174. The number of rotatable bonds is 4. The molecule has 1 saturated heterocycles. The van der Waals surface area contributed by atoms with E-state index in [1.165, 1.54) is 5.56 Å². The van der Waals surface area contributed by atoms with Gasteiger partial charge in [-0.15, -0.1) is 0 Å². The van der Waals surface area contributed by atoms with E-state index in [1.807, 2.05) is 25.1 Å². The number of nitrogens with zero attached hydrogens (tertiary/aromatic N) is 4. The molecule has 6 heteroatoms. The maximum Gasteiger partial charge on any atom is 0.189 e. The Morgan fingerprint density at radius 3 is 2.48 bits per heavy atom. The molecular formula is C19H23N5S. The van der Waals surface area contributed by atoms with Crippen molar-refractivity contribution in [3.05, 3.63) is 66.0 Å². The molecule has 1 aromatic heterocycles. The topological polar surface area (TPSA) is 43.8 Å². The Balaban J connectivity index is 1.47. The van der Waals surface area contributed by atoms with Crippen LogP contribution in [0.4, 0.5) is 0 Å². The standard InChI is InChI=1S/C19H23N5S/c1-16(18-9-5-6-10-20-18)21-22-19(25)24-13-11-23(12-14-24)15-17-7-3-2-4-8-17/h2-10H,11-15H2,1H3,(H,22,25)/b21-16+. The Kier molecular flexibility index (Phi) is 6.09. The van der Waals surface area contributed by atoms with Gasteiger partial charge in [0.1, 0.15) is 0 Å². The third kappa shape index (κ3) is 5.08. The molecule has 0 aliphatic carbocycles. The summed E-state index contributed by atoms with van der Waals surface area (Å²) in [5.74, 6) is 0. The van der Waals surface area contributed by atoms with E-state index in [4.69, 9.17) is 12.2 Å². The van der Waals surface area contributed by atoms with E-state index in [-0.39, 0.29) is 0 Å². The second-order valence-electron chi connectivity index (χ2n) is 6.08. The lowest BCUT2D eigenvalue weighted by atomic mass is 10.2. The molecule has 1 aliphatic rings. The van der Waals surface area contributed by atoms with Gasteiger partial charge in [-0.1, -0.05) is 36.4 Å². The van der Waals surface area contributed by atoms with Crippen LogP contribution in [0.3, 0.4) is 0 Å². The monoisotopic (exact) mass is 353 g/mol. The summed E-state index contributed by atoms with van der Waals surface area (Å²) in [6.45, 7) is 6.74. The smallest absolute Gasteiger partial charge is 0.189 e. The van der Waals surface area contributed by atoms with Gasteiger partial charge in [-0.25, -0.2) is 0 Å². The fourth-order valence-corrected chi connectivity index (χ4v) is 3.02. The van der Waals surface area contributed by atoms with Crippen LogP contribution in [0.2, 0.25) is 0 Å². The largest absolute Gasteiger partial charge is 0.345 e. The minimum absolute atomic E-state index is 0.676.